The molecule has 0 saturated carbocycles. The van der Waals surface area contributed by atoms with Crippen molar-refractivity contribution in [3.05, 3.63) is 30.7 Å². The highest BCUT2D eigenvalue weighted by atomic mass is 16.7. The lowest BCUT2D eigenvalue weighted by Gasteiger charge is -2.32. The molecule has 1 saturated heterocycles. The van der Waals surface area contributed by atoms with Crippen molar-refractivity contribution in [2.24, 2.45) is 0 Å². The minimum atomic E-state index is -0.386. The Bertz CT molecular complexity index is 606. The molecule has 1 aromatic heterocycles. The van der Waals surface area contributed by atoms with Gasteiger partial charge in [-0.15, -0.1) is 0 Å². The average Bonchev–Trinajstić information content (AvgIpc) is 2.58. The number of rotatable bonds is 1. The molecule has 98 valence electrons. The Kier molecular flexibility index (Phi) is 2.66. The molecule has 1 fully saturated rings. The lowest BCUT2D eigenvalue weighted by atomic mass is 9.78. The average molecular weight is 256 g/mol. The van der Waals surface area contributed by atoms with Crippen LogP contribution in [0.1, 0.15) is 27.7 Å². The number of benzene rings is 1. The molecule has 2 aromatic rings. The Labute approximate surface area is 113 Å². The summed E-state index contributed by atoms with van der Waals surface area (Å²) >= 11 is 0. The molecule has 1 aliphatic heterocycles. The van der Waals surface area contributed by atoms with Gasteiger partial charge in [0, 0.05) is 17.0 Å². The predicted molar refractivity (Wildman–Crippen MR) is 75.3 cm³/mol. The number of hydrogen-bond donors (Lipinski definition) is 0. The smallest absolute Gasteiger partial charge is 0.399 e. The van der Waals surface area contributed by atoms with Gasteiger partial charge >= 0.3 is 7.12 Å². The van der Waals surface area contributed by atoms with Gasteiger partial charge in [0.15, 0.2) is 0 Å². The van der Waals surface area contributed by atoms with E-state index in [0.29, 0.717) is 0 Å². The summed E-state index contributed by atoms with van der Waals surface area (Å²) in [6.45, 7) is 8.19. The largest absolute Gasteiger partial charge is 0.497 e. The van der Waals surface area contributed by atoms with Crippen LogP contribution in [-0.4, -0.2) is 28.3 Å². The van der Waals surface area contributed by atoms with Crippen molar-refractivity contribution in [3.8, 4) is 0 Å². The molecule has 5 heteroatoms. The van der Waals surface area contributed by atoms with Crippen LogP contribution in [0.15, 0.2) is 30.7 Å². The maximum absolute atomic E-state index is 6.08. The first-order chi connectivity index (χ1) is 8.91. The number of nitrogens with zero attached hydrogens (tertiary/aromatic N) is 2. The zero-order valence-electron chi connectivity index (χ0n) is 11.7. The summed E-state index contributed by atoms with van der Waals surface area (Å²) in [4.78, 5) is 8.40. The van der Waals surface area contributed by atoms with Crippen molar-refractivity contribution in [2.45, 2.75) is 38.9 Å². The van der Waals surface area contributed by atoms with Crippen molar-refractivity contribution >= 4 is 23.5 Å². The van der Waals surface area contributed by atoms with Crippen LogP contribution in [0.3, 0.4) is 0 Å². The van der Waals surface area contributed by atoms with Gasteiger partial charge < -0.3 is 9.31 Å². The zero-order valence-corrected chi connectivity index (χ0v) is 11.7. The van der Waals surface area contributed by atoms with Gasteiger partial charge in [0.05, 0.1) is 16.7 Å². The molecule has 0 bridgehead atoms. The van der Waals surface area contributed by atoms with Crippen LogP contribution in [0.4, 0.5) is 0 Å². The van der Waals surface area contributed by atoms with Gasteiger partial charge in [-0.3, -0.25) is 0 Å². The molecule has 4 nitrogen and oxygen atoms in total. The van der Waals surface area contributed by atoms with Crippen molar-refractivity contribution in [3.63, 3.8) is 0 Å². The fourth-order valence-corrected chi connectivity index (χ4v) is 2.20. The second-order valence-electron chi connectivity index (χ2n) is 5.90. The lowest BCUT2D eigenvalue weighted by Crippen LogP contribution is -2.41. The third-order valence-corrected chi connectivity index (χ3v) is 4.07. The SMILES string of the molecule is CC1(C)OB(c2cccc3cncnc23)OC1(C)C. The summed E-state index contributed by atoms with van der Waals surface area (Å²) in [7, 11) is -0.386. The van der Waals surface area contributed by atoms with Gasteiger partial charge in [0.1, 0.15) is 6.33 Å². The molecular weight excluding hydrogens is 239 g/mol. The lowest BCUT2D eigenvalue weighted by molar-refractivity contribution is 0.00578. The van der Waals surface area contributed by atoms with Crippen LogP contribution in [-0.2, 0) is 9.31 Å². The standard InChI is InChI=1S/C14H17BN2O2/c1-13(2)14(3,4)19-15(18-13)11-7-5-6-10-8-16-9-17-12(10)11/h5-9H,1-4H3. The molecule has 0 spiro atoms. The van der Waals surface area contributed by atoms with Crippen LogP contribution in [0.5, 0.6) is 0 Å². The first kappa shape index (κ1) is 12.6. The monoisotopic (exact) mass is 256 g/mol. The van der Waals surface area contributed by atoms with E-state index in [9.17, 15) is 0 Å². The fraction of sp³-hybridized carbons (Fsp3) is 0.429. The van der Waals surface area contributed by atoms with E-state index < -0.39 is 0 Å². The maximum atomic E-state index is 6.08. The molecule has 19 heavy (non-hydrogen) atoms. The first-order valence-corrected chi connectivity index (χ1v) is 6.45. The Morgan fingerprint density at radius 2 is 1.74 bits per heavy atom. The molecule has 0 atom stereocenters. The summed E-state index contributed by atoms with van der Waals surface area (Å²) < 4.78 is 12.2. The first-order valence-electron chi connectivity index (χ1n) is 6.45. The van der Waals surface area contributed by atoms with E-state index in [1.54, 1.807) is 12.5 Å². The molecule has 2 heterocycles. The van der Waals surface area contributed by atoms with E-state index in [1.807, 2.05) is 45.9 Å². The van der Waals surface area contributed by atoms with Crippen molar-refractivity contribution in [1.82, 2.24) is 9.97 Å². The predicted octanol–water partition coefficient (Wildman–Crippen LogP) is 1.93. The highest BCUT2D eigenvalue weighted by molar-refractivity contribution is 6.64. The van der Waals surface area contributed by atoms with Gasteiger partial charge in [0.25, 0.3) is 0 Å². The van der Waals surface area contributed by atoms with E-state index in [1.165, 1.54) is 0 Å². The highest BCUT2D eigenvalue weighted by Gasteiger charge is 2.52. The number of aromatic nitrogens is 2. The zero-order chi connectivity index (χ0) is 13.7. The Morgan fingerprint density at radius 3 is 2.42 bits per heavy atom. The number of para-hydroxylation sites is 1. The molecule has 1 aromatic carbocycles. The summed E-state index contributed by atoms with van der Waals surface area (Å²) in [6.07, 6.45) is 3.36. The molecule has 0 radical (unpaired) electrons. The van der Waals surface area contributed by atoms with Gasteiger partial charge in [0.2, 0.25) is 0 Å². The van der Waals surface area contributed by atoms with Crippen LogP contribution in [0.2, 0.25) is 0 Å². The Hall–Kier alpha value is -1.46. The van der Waals surface area contributed by atoms with Gasteiger partial charge in [-0.05, 0) is 27.7 Å². The summed E-state index contributed by atoms with van der Waals surface area (Å²) in [5, 5.41) is 0.995. The summed E-state index contributed by atoms with van der Waals surface area (Å²) in [5.41, 5.74) is 1.16. The molecular formula is C14H17BN2O2. The van der Waals surface area contributed by atoms with Crippen molar-refractivity contribution in [1.29, 1.82) is 0 Å². The number of hydrogen-bond acceptors (Lipinski definition) is 4. The summed E-state index contributed by atoms with van der Waals surface area (Å²) in [6, 6.07) is 5.97. The molecule has 0 unspecified atom stereocenters. The second-order valence-corrected chi connectivity index (χ2v) is 5.90. The minimum absolute atomic E-state index is 0.340. The molecule has 3 rings (SSSR count). The van der Waals surface area contributed by atoms with Crippen molar-refractivity contribution < 1.29 is 9.31 Å². The van der Waals surface area contributed by atoms with E-state index in [-0.39, 0.29) is 18.3 Å². The quantitative estimate of drug-likeness (QED) is 0.731. The van der Waals surface area contributed by atoms with Gasteiger partial charge in [-0.25, -0.2) is 9.97 Å². The molecule has 0 N–H and O–H groups in total. The minimum Gasteiger partial charge on any atom is -0.399 e. The maximum Gasteiger partial charge on any atom is 0.497 e. The van der Waals surface area contributed by atoms with Crippen LogP contribution in [0.25, 0.3) is 10.9 Å². The molecule has 0 aliphatic carbocycles. The van der Waals surface area contributed by atoms with Gasteiger partial charge in [-0.1, -0.05) is 18.2 Å². The Morgan fingerprint density at radius 1 is 1.05 bits per heavy atom. The van der Waals surface area contributed by atoms with E-state index >= 15 is 0 Å². The van der Waals surface area contributed by atoms with Crippen LogP contribution >= 0.6 is 0 Å². The highest BCUT2D eigenvalue weighted by Crippen LogP contribution is 2.36. The molecule has 0 amide bonds. The van der Waals surface area contributed by atoms with Gasteiger partial charge in [-0.2, -0.15) is 0 Å². The van der Waals surface area contributed by atoms with E-state index in [0.717, 1.165) is 16.4 Å². The third kappa shape index (κ3) is 1.93. The van der Waals surface area contributed by atoms with Crippen LogP contribution < -0.4 is 5.46 Å². The molecule has 1 aliphatic rings. The van der Waals surface area contributed by atoms with Crippen LogP contribution in [0, 0.1) is 0 Å². The topological polar surface area (TPSA) is 44.2 Å². The van der Waals surface area contributed by atoms with E-state index in [2.05, 4.69) is 9.97 Å². The fourth-order valence-electron chi connectivity index (χ4n) is 2.20. The third-order valence-electron chi connectivity index (χ3n) is 4.07. The van der Waals surface area contributed by atoms with E-state index in [4.69, 9.17) is 9.31 Å². The Balaban J connectivity index is 2.08. The number of fused-ring (bicyclic) bond motifs is 1. The van der Waals surface area contributed by atoms with Crippen molar-refractivity contribution in [2.75, 3.05) is 0 Å². The second kappa shape index (κ2) is 4.02. The normalized spacial score (nSPS) is 20.9. The summed E-state index contributed by atoms with van der Waals surface area (Å²) in [5.74, 6) is 0.